The van der Waals surface area contributed by atoms with Crippen molar-refractivity contribution in [2.45, 2.75) is 6.42 Å². The predicted molar refractivity (Wildman–Crippen MR) is 86.4 cm³/mol. The highest BCUT2D eigenvalue weighted by molar-refractivity contribution is 5.89. The largest absolute Gasteiger partial charge is 0.484 e. The van der Waals surface area contributed by atoms with Gasteiger partial charge in [-0.1, -0.05) is 18.2 Å². The van der Waals surface area contributed by atoms with E-state index in [9.17, 15) is 14.0 Å². The normalized spacial score (nSPS) is 10.1. The van der Waals surface area contributed by atoms with Crippen molar-refractivity contribution in [2.75, 3.05) is 20.3 Å². The minimum atomic E-state index is -0.438. The van der Waals surface area contributed by atoms with Crippen LogP contribution in [0.4, 0.5) is 4.39 Å². The molecule has 0 unspecified atom stereocenters. The first-order valence-electron chi connectivity index (χ1n) is 7.41. The van der Waals surface area contributed by atoms with Crippen LogP contribution >= 0.6 is 0 Å². The second-order valence-corrected chi connectivity index (χ2v) is 5.00. The van der Waals surface area contributed by atoms with Crippen molar-refractivity contribution in [1.29, 1.82) is 0 Å². The summed E-state index contributed by atoms with van der Waals surface area (Å²) < 4.78 is 23.3. The maximum atomic E-state index is 13.4. The van der Waals surface area contributed by atoms with E-state index in [4.69, 9.17) is 4.74 Å². The first-order valence-corrected chi connectivity index (χ1v) is 7.41. The van der Waals surface area contributed by atoms with Gasteiger partial charge in [0.1, 0.15) is 11.6 Å². The third-order valence-corrected chi connectivity index (χ3v) is 3.32. The molecule has 0 aromatic heterocycles. The van der Waals surface area contributed by atoms with Gasteiger partial charge in [-0.2, -0.15) is 0 Å². The minimum absolute atomic E-state index is 0.158. The number of halogens is 1. The van der Waals surface area contributed by atoms with Crippen LogP contribution in [0, 0.1) is 5.82 Å². The zero-order valence-corrected chi connectivity index (χ0v) is 13.3. The molecule has 0 saturated carbocycles. The Bertz CT molecular complexity index is 700. The summed E-state index contributed by atoms with van der Waals surface area (Å²) in [6.45, 7) is 0.166. The number of carbonyl (C=O) groups excluding carboxylic acids is 2. The van der Waals surface area contributed by atoms with Crippen LogP contribution in [-0.4, -0.2) is 32.1 Å². The van der Waals surface area contributed by atoms with Crippen LogP contribution in [0.5, 0.6) is 5.75 Å². The average Bonchev–Trinajstić information content (AvgIpc) is 2.61. The van der Waals surface area contributed by atoms with Crippen LogP contribution in [0.1, 0.15) is 15.9 Å². The fourth-order valence-corrected chi connectivity index (χ4v) is 2.04. The first kappa shape index (κ1) is 17.5. The first-order chi connectivity index (χ1) is 11.6. The van der Waals surface area contributed by atoms with Crippen molar-refractivity contribution in [3.63, 3.8) is 0 Å². The standard InChI is InChI=1S/C18H18FNO4/c1-23-18(22)14-6-8-15(9-7-14)24-12-17(21)20-11-10-13-4-2-3-5-16(13)19/h2-9H,10-12H2,1H3,(H,20,21). The van der Waals surface area contributed by atoms with Crippen LogP contribution in [0.15, 0.2) is 48.5 Å². The maximum absolute atomic E-state index is 13.4. The molecule has 0 saturated heterocycles. The van der Waals surface area contributed by atoms with Gasteiger partial charge in [-0.05, 0) is 42.3 Å². The molecule has 0 aliphatic carbocycles. The highest BCUT2D eigenvalue weighted by atomic mass is 19.1. The van der Waals surface area contributed by atoms with Crippen molar-refractivity contribution in [2.24, 2.45) is 0 Å². The van der Waals surface area contributed by atoms with Gasteiger partial charge in [-0.25, -0.2) is 9.18 Å². The molecule has 0 radical (unpaired) electrons. The van der Waals surface area contributed by atoms with Gasteiger partial charge in [-0.15, -0.1) is 0 Å². The molecule has 6 heteroatoms. The molecule has 0 aliphatic heterocycles. The number of hydrogen-bond acceptors (Lipinski definition) is 4. The Morgan fingerprint density at radius 1 is 1.08 bits per heavy atom. The average molecular weight is 331 g/mol. The molecule has 24 heavy (non-hydrogen) atoms. The number of nitrogens with one attached hydrogen (secondary N) is 1. The third kappa shape index (κ3) is 5.08. The summed E-state index contributed by atoms with van der Waals surface area (Å²) in [6.07, 6.45) is 0.409. The van der Waals surface area contributed by atoms with Crippen molar-refractivity contribution < 1.29 is 23.5 Å². The van der Waals surface area contributed by atoms with Crippen molar-refractivity contribution >= 4 is 11.9 Å². The highest BCUT2D eigenvalue weighted by Crippen LogP contribution is 2.12. The molecule has 0 fully saturated rings. The Labute approximate surface area is 139 Å². The molecule has 2 rings (SSSR count). The topological polar surface area (TPSA) is 64.6 Å². The molecule has 2 aromatic carbocycles. The number of methoxy groups -OCH3 is 1. The summed E-state index contributed by atoms with van der Waals surface area (Å²) in [5, 5.41) is 2.66. The molecular weight excluding hydrogens is 313 g/mol. The summed E-state index contributed by atoms with van der Waals surface area (Å²) in [6, 6.07) is 12.7. The van der Waals surface area contributed by atoms with Crippen LogP contribution in [0.3, 0.4) is 0 Å². The molecule has 2 aromatic rings. The van der Waals surface area contributed by atoms with Gasteiger partial charge in [0, 0.05) is 6.54 Å². The monoisotopic (exact) mass is 331 g/mol. The number of amides is 1. The molecule has 1 N–H and O–H groups in total. The third-order valence-electron chi connectivity index (χ3n) is 3.32. The number of hydrogen-bond donors (Lipinski definition) is 1. The van der Waals surface area contributed by atoms with Gasteiger partial charge in [0.15, 0.2) is 6.61 Å². The molecule has 1 amide bonds. The summed E-state index contributed by atoms with van der Waals surface area (Å²) in [4.78, 5) is 23.0. The Morgan fingerprint density at radius 3 is 2.46 bits per heavy atom. The summed E-state index contributed by atoms with van der Waals surface area (Å²) >= 11 is 0. The van der Waals surface area contributed by atoms with Crippen LogP contribution in [-0.2, 0) is 16.0 Å². The van der Waals surface area contributed by atoms with E-state index in [0.29, 0.717) is 29.8 Å². The van der Waals surface area contributed by atoms with E-state index in [1.165, 1.54) is 13.2 Å². The lowest BCUT2D eigenvalue weighted by Crippen LogP contribution is -2.30. The van der Waals surface area contributed by atoms with E-state index in [-0.39, 0.29) is 18.3 Å². The van der Waals surface area contributed by atoms with Crippen LogP contribution < -0.4 is 10.1 Å². The van der Waals surface area contributed by atoms with E-state index in [2.05, 4.69) is 10.1 Å². The van der Waals surface area contributed by atoms with Crippen LogP contribution in [0.25, 0.3) is 0 Å². The fraction of sp³-hybridized carbons (Fsp3) is 0.222. The molecule has 0 heterocycles. The Hall–Kier alpha value is -2.89. The summed E-state index contributed by atoms with van der Waals surface area (Å²) in [5.41, 5.74) is 0.955. The second kappa shape index (κ2) is 8.67. The second-order valence-electron chi connectivity index (χ2n) is 5.00. The SMILES string of the molecule is COC(=O)c1ccc(OCC(=O)NCCc2ccccc2F)cc1. The highest BCUT2D eigenvalue weighted by Gasteiger charge is 2.07. The smallest absolute Gasteiger partial charge is 0.337 e. The minimum Gasteiger partial charge on any atom is -0.484 e. The van der Waals surface area contributed by atoms with E-state index in [1.54, 1.807) is 42.5 Å². The summed E-state index contributed by atoms with van der Waals surface area (Å²) in [5.74, 6) is -0.559. The molecule has 5 nitrogen and oxygen atoms in total. The molecular formula is C18H18FNO4. The summed E-state index contributed by atoms with van der Waals surface area (Å²) in [7, 11) is 1.30. The zero-order chi connectivity index (χ0) is 17.4. The van der Waals surface area contributed by atoms with E-state index < -0.39 is 5.97 Å². The van der Waals surface area contributed by atoms with Gasteiger partial charge in [0.25, 0.3) is 5.91 Å². The van der Waals surface area contributed by atoms with Crippen LogP contribution in [0.2, 0.25) is 0 Å². The lowest BCUT2D eigenvalue weighted by molar-refractivity contribution is -0.123. The molecule has 0 spiro atoms. The van der Waals surface area contributed by atoms with Crippen molar-refractivity contribution in [3.05, 3.63) is 65.5 Å². The molecule has 0 atom stereocenters. The quantitative estimate of drug-likeness (QED) is 0.791. The number of benzene rings is 2. The number of ether oxygens (including phenoxy) is 2. The number of carbonyl (C=O) groups is 2. The molecule has 0 aliphatic rings. The van der Waals surface area contributed by atoms with E-state index in [1.807, 2.05) is 0 Å². The Kier molecular flexibility index (Phi) is 6.31. The fourth-order valence-electron chi connectivity index (χ4n) is 2.04. The van der Waals surface area contributed by atoms with Gasteiger partial charge in [-0.3, -0.25) is 4.79 Å². The van der Waals surface area contributed by atoms with Gasteiger partial charge in [0.05, 0.1) is 12.7 Å². The van der Waals surface area contributed by atoms with Gasteiger partial charge >= 0.3 is 5.97 Å². The lowest BCUT2D eigenvalue weighted by atomic mass is 10.1. The molecule has 0 bridgehead atoms. The molecule has 126 valence electrons. The van der Waals surface area contributed by atoms with Gasteiger partial charge < -0.3 is 14.8 Å². The van der Waals surface area contributed by atoms with E-state index in [0.717, 1.165) is 0 Å². The maximum Gasteiger partial charge on any atom is 0.337 e. The number of rotatable bonds is 7. The zero-order valence-electron chi connectivity index (χ0n) is 13.3. The lowest BCUT2D eigenvalue weighted by Gasteiger charge is -2.08. The Morgan fingerprint density at radius 2 is 1.79 bits per heavy atom. The number of esters is 1. The predicted octanol–water partition coefficient (Wildman–Crippen LogP) is 2.35. The van der Waals surface area contributed by atoms with Crippen molar-refractivity contribution in [1.82, 2.24) is 5.32 Å². The van der Waals surface area contributed by atoms with E-state index >= 15 is 0 Å². The van der Waals surface area contributed by atoms with Crippen molar-refractivity contribution in [3.8, 4) is 5.75 Å². The Balaban J connectivity index is 1.73. The van der Waals surface area contributed by atoms with Gasteiger partial charge in [0.2, 0.25) is 0 Å².